The van der Waals surface area contributed by atoms with Crippen molar-refractivity contribution in [2.45, 2.75) is 6.61 Å². The van der Waals surface area contributed by atoms with E-state index in [2.05, 4.69) is 15.6 Å². The molecule has 0 saturated carbocycles. The molecule has 10 heteroatoms. The number of ether oxygens (including phenoxy) is 3. The maximum absolute atomic E-state index is 12.1. The molecular weight excluding hydrogens is 438 g/mol. The quantitative estimate of drug-likeness (QED) is 0.434. The first-order valence-corrected chi connectivity index (χ1v) is 9.98. The summed E-state index contributed by atoms with van der Waals surface area (Å²) in [5, 5.41) is 11.0. The third-order valence-corrected chi connectivity index (χ3v) is 4.95. The standard InChI is InChI=1S/C22H16ClN3O6/c23-16-4-2-1-3-15(16)17-9-22(32-26-17)24-21(27)11-28-10-14-8-19(31-25-14)13-5-6-18-20(7-13)30-12-29-18/h1-9H,10-12H2,(H,24,27). The number of aromatic nitrogens is 2. The van der Waals surface area contributed by atoms with Crippen molar-refractivity contribution in [2.75, 3.05) is 18.7 Å². The molecule has 3 heterocycles. The van der Waals surface area contributed by atoms with Gasteiger partial charge in [0.05, 0.1) is 11.6 Å². The van der Waals surface area contributed by atoms with Crippen LogP contribution in [-0.2, 0) is 16.1 Å². The van der Waals surface area contributed by atoms with E-state index in [-0.39, 0.29) is 25.9 Å². The number of hydrogen-bond donors (Lipinski definition) is 1. The van der Waals surface area contributed by atoms with Crippen LogP contribution >= 0.6 is 11.6 Å². The van der Waals surface area contributed by atoms with Crippen LogP contribution in [0.5, 0.6) is 11.5 Å². The Hall–Kier alpha value is -3.82. The molecule has 1 aliphatic rings. The van der Waals surface area contributed by atoms with E-state index in [0.29, 0.717) is 39.2 Å². The van der Waals surface area contributed by atoms with Crippen molar-refractivity contribution < 1.29 is 28.1 Å². The van der Waals surface area contributed by atoms with Crippen molar-refractivity contribution in [1.29, 1.82) is 0 Å². The first-order valence-electron chi connectivity index (χ1n) is 9.60. The molecule has 0 fully saturated rings. The molecule has 1 N–H and O–H groups in total. The smallest absolute Gasteiger partial charge is 0.252 e. The number of hydrogen-bond acceptors (Lipinski definition) is 8. The van der Waals surface area contributed by atoms with E-state index in [1.807, 2.05) is 30.3 Å². The molecule has 0 atom stereocenters. The number of anilines is 1. The zero-order chi connectivity index (χ0) is 21.9. The lowest BCUT2D eigenvalue weighted by molar-refractivity contribution is -0.121. The van der Waals surface area contributed by atoms with Crippen molar-refractivity contribution in [2.24, 2.45) is 0 Å². The van der Waals surface area contributed by atoms with Crippen LogP contribution in [0.25, 0.3) is 22.6 Å². The van der Waals surface area contributed by atoms with E-state index in [9.17, 15) is 4.79 Å². The second kappa shape index (κ2) is 8.74. The molecular formula is C22H16ClN3O6. The van der Waals surface area contributed by atoms with Crippen LogP contribution in [0.4, 0.5) is 5.88 Å². The third kappa shape index (κ3) is 4.29. The first kappa shape index (κ1) is 20.1. The van der Waals surface area contributed by atoms with E-state index >= 15 is 0 Å². The van der Waals surface area contributed by atoms with Crippen LogP contribution in [0.3, 0.4) is 0 Å². The van der Waals surface area contributed by atoms with Crippen LogP contribution < -0.4 is 14.8 Å². The molecule has 32 heavy (non-hydrogen) atoms. The Morgan fingerprint density at radius 1 is 1.03 bits per heavy atom. The molecule has 4 aromatic rings. The predicted molar refractivity (Wildman–Crippen MR) is 113 cm³/mol. The van der Waals surface area contributed by atoms with Gasteiger partial charge in [-0.2, -0.15) is 0 Å². The SMILES string of the molecule is O=C(COCc1cc(-c2ccc3c(c2)OCO3)on1)Nc1cc(-c2ccccc2Cl)no1. The molecule has 0 unspecified atom stereocenters. The zero-order valence-corrected chi connectivity index (χ0v) is 17.3. The molecule has 2 aromatic carbocycles. The minimum Gasteiger partial charge on any atom is -0.454 e. The first-order chi connectivity index (χ1) is 15.7. The van der Waals surface area contributed by atoms with Gasteiger partial charge in [-0.05, 0) is 24.3 Å². The number of amides is 1. The van der Waals surface area contributed by atoms with Gasteiger partial charge in [0.2, 0.25) is 12.7 Å². The molecule has 0 spiro atoms. The van der Waals surface area contributed by atoms with Crippen LogP contribution in [0.2, 0.25) is 5.02 Å². The average Bonchev–Trinajstić information content (AvgIpc) is 3.54. The molecule has 162 valence electrons. The van der Waals surface area contributed by atoms with E-state index in [4.69, 9.17) is 34.9 Å². The highest BCUT2D eigenvalue weighted by Gasteiger charge is 2.16. The maximum Gasteiger partial charge on any atom is 0.252 e. The Kier molecular flexibility index (Phi) is 5.49. The van der Waals surface area contributed by atoms with E-state index in [1.165, 1.54) is 0 Å². The van der Waals surface area contributed by atoms with Crippen LogP contribution in [-0.4, -0.2) is 29.6 Å². The topological polar surface area (TPSA) is 109 Å². The lowest BCUT2D eigenvalue weighted by Gasteiger charge is -2.01. The molecule has 0 aliphatic carbocycles. The number of rotatable bonds is 7. The van der Waals surface area contributed by atoms with E-state index < -0.39 is 5.91 Å². The van der Waals surface area contributed by atoms with Crippen LogP contribution in [0, 0.1) is 0 Å². The molecule has 0 saturated heterocycles. The van der Waals surface area contributed by atoms with Crippen molar-refractivity contribution in [1.82, 2.24) is 10.3 Å². The van der Waals surface area contributed by atoms with Crippen molar-refractivity contribution in [3.05, 3.63) is 65.3 Å². The number of nitrogens with one attached hydrogen (secondary N) is 1. The monoisotopic (exact) mass is 453 g/mol. The van der Waals surface area contributed by atoms with Gasteiger partial charge in [0, 0.05) is 23.3 Å². The summed E-state index contributed by atoms with van der Waals surface area (Å²) in [5.41, 5.74) is 2.57. The summed E-state index contributed by atoms with van der Waals surface area (Å²) in [6.45, 7) is 0.100. The second-order valence-electron chi connectivity index (χ2n) is 6.85. The number of carbonyl (C=O) groups excluding carboxylic acids is 1. The van der Waals surface area contributed by atoms with E-state index in [0.717, 1.165) is 5.56 Å². The Balaban J connectivity index is 1.13. The fourth-order valence-corrected chi connectivity index (χ4v) is 3.35. The summed E-state index contributed by atoms with van der Waals surface area (Å²) in [5.74, 6) is 1.69. The van der Waals surface area contributed by atoms with Gasteiger partial charge in [-0.15, -0.1) is 0 Å². The van der Waals surface area contributed by atoms with Crippen molar-refractivity contribution in [3.8, 4) is 34.1 Å². The molecule has 0 radical (unpaired) electrons. The van der Waals surface area contributed by atoms with Gasteiger partial charge in [-0.3, -0.25) is 10.1 Å². The van der Waals surface area contributed by atoms with Gasteiger partial charge in [0.25, 0.3) is 5.91 Å². The fourth-order valence-electron chi connectivity index (χ4n) is 3.12. The summed E-state index contributed by atoms with van der Waals surface area (Å²) < 4.78 is 26.6. The van der Waals surface area contributed by atoms with Crippen LogP contribution in [0.1, 0.15) is 5.69 Å². The summed E-state index contributed by atoms with van der Waals surface area (Å²) >= 11 is 6.15. The van der Waals surface area contributed by atoms with Gasteiger partial charge in [-0.1, -0.05) is 40.1 Å². The fraction of sp³-hybridized carbons (Fsp3) is 0.136. The minimum atomic E-state index is -0.397. The molecule has 1 aliphatic heterocycles. The summed E-state index contributed by atoms with van der Waals surface area (Å²) in [4.78, 5) is 12.1. The molecule has 2 aromatic heterocycles. The zero-order valence-electron chi connectivity index (χ0n) is 16.5. The Morgan fingerprint density at radius 2 is 1.91 bits per heavy atom. The Labute approximate surface area is 186 Å². The lowest BCUT2D eigenvalue weighted by atomic mass is 10.1. The lowest BCUT2D eigenvalue weighted by Crippen LogP contribution is -2.17. The normalized spacial score (nSPS) is 12.2. The molecule has 9 nitrogen and oxygen atoms in total. The summed E-state index contributed by atoms with van der Waals surface area (Å²) in [6, 6.07) is 16.0. The Morgan fingerprint density at radius 3 is 2.81 bits per heavy atom. The third-order valence-electron chi connectivity index (χ3n) is 4.62. The van der Waals surface area contributed by atoms with Crippen molar-refractivity contribution >= 4 is 23.4 Å². The number of fused-ring (bicyclic) bond motifs is 1. The Bertz CT molecular complexity index is 1270. The number of carbonyl (C=O) groups is 1. The number of benzene rings is 2. The van der Waals surface area contributed by atoms with Crippen molar-refractivity contribution in [3.63, 3.8) is 0 Å². The minimum absolute atomic E-state index is 0.1000. The maximum atomic E-state index is 12.1. The summed E-state index contributed by atoms with van der Waals surface area (Å²) in [7, 11) is 0. The largest absolute Gasteiger partial charge is 0.454 e. The number of halogens is 1. The predicted octanol–water partition coefficient (Wildman–Crippen LogP) is 4.53. The second-order valence-corrected chi connectivity index (χ2v) is 7.25. The van der Waals surface area contributed by atoms with Gasteiger partial charge in [0.15, 0.2) is 17.3 Å². The number of nitrogens with zero attached hydrogens (tertiary/aromatic N) is 2. The van der Waals surface area contributed by atoms with Crippen LogP contribution in [0.15, 0.2) is 63.6 Å². The molecule has 5 rings (SSSR count). The highest BCUT2D eigenvalue weighted by Crippen LogP contribution is 2.36. The molecule has 0 bridgehead atoms. The van der Waals surface area contributed by atoms with E-state index in [1.54, 1.807) is 24.3 Å². The highest BCUT2D eigenvalue weighted by atomic mass is 35.5. The summed E-state index contributed by atoms with van der Waals surface area (Å²) in [6.07, 6.45) is 0. The average molecular weight is 454 g/mol. The van der Waals surface area contributed by atoms with Gasteiger partial charge < -0.3 is 23.3 Å². The highest BCUT2D eigenvalue weighted by molar-refractivity contribution is 6.33. The van der Waals surface area contributed by atoms with Gasteiger partial charge in [0.1, 0.15) is 18.0 Å². The van der Waals surface area contributed by atoms with Gasteiger partial charge >= 0.3 is 0 Å². The van der Waals surface area contributed by atoms with Gasteiger partial charge in [-0.25, -0.2) is 0 Å². The molecule has 1 amide bonds.